The number of ether oxygens (including phenoxy) is 1. The molecular weight excluding hydrogens is 342 g/mol. The van der Waals surface area contributed by atoms with Gasteiger partial charge in [0, 0.05) is 12.1 Å². The predicted molar refractivity (Wildman–Crippen MR) is 96.8 cm³/mol. The highest BCUT2D eigenvalue weighted by Crippen LogP contribution is 2.32. The molecule has 1 N–H and O–H groups in total. The maximum Gasteiger partial charge on any atom is 0.250 e. The number of thiophene rings is 1. The Morgan fingerprint density at radius 3 is 2.58 bits per heavy atom. The molecule has 0 aliphatic rings. The van der Waals surface area contributed by atoms with Gasteiger partial charge in [-0.05, 0) is 34.7 Å². The fourth-order valence-corrected chi connectivity index (χ4v) is 4.82. The van der Waals surface area contributed by atoms with E-state index in [-0.39, 0.29) is 6.54 Å². The minimum absolute atomic E-state index is 0.214. The van der Waals surface area contributed by atoms with Crippen molar-refractivity contribution in [2.24, 2.45) is 0 Å². The van der Waals surface area contributed by atoms with E-state index in [9.17, 15) is 8.42 Å². The van der Waals surface area contributed by atoms with Crippen LogP contribution >= 0.6 is 11.3 Å². The molecule has 1 aromatic heterocycles. The van der Waals surface area contributed by atoms with Crippen LogP contribution in [0.25, 0.3) is 11.1 Å². The third-order valence-corrected chi connectivity index (χ3v) is 6.44. The Balaban J connectivity index is 1.83. The highest BCUT2D eigenvalue weighted by atomic mass is 32.2. The number of hydrogen-bond donors (Lipinski definition) is 1. The summed E-state index contributed by atoms with van der Waals surface area (Å²) >= 11 is 1.22. The lowest BCUT2D eigenvalue weighted by Crippen LogP contribution is -2.22. The van der Waals surface area contributed by atoms with E-state index in [1.54, 1.807) is 12.5 Å². The summed E-state index contributed by atoms with van der Waals surface area (Å²) in [7, 11) is -2.00. The molecule has 0 radical (unpaired) electrons. The van der Waals surface area contributed by atoms with Crippen LogP contribution in [-0.2, 0) is 16.6 Å². The van der Waals surface area contributed by atoms with Crippen molar-refractivity contribution in [1.82, 2.24) is 4.72 Å². The molecule has 0 aliphatic carbocycles. The molecule has 0 bridgehead atoms. The highest BCUT2D eigenvalue weighted by molar-refractivity contribution is 7.91. The third kappa shape index (κ3) is 3.67. The van der Waals surface area contributed by atoms with Crippen LogP contribution in [0.2, 0.25) is 0 Å². The average Bonchev–Trinajstić information content (AvgIpc) is 3.12. The van der Waals surface area contributed by atoms with Crippen LogP contribution in [0.5, 0.6) is 5.75 Å². The quantitative estimate of drug-likeness (QED) is 0.726. The minimum Gasteiger partial charge on any atom is -0.497 e. The summed E-state index contributed by atoms with van der Waals surface area (Å²) in [5, 5.41) is 1.79. The zero-order chi connectivity index (χ0) is 17.0. The van der Waals surface area contributed by atoms with Crippen molar-refractivity contribution in [3.05, 3.63) is 71.6 Å². The highest BCUT2D eigenvalue weighted by Gasteiger charge is 2.20. The number of benzene rings is 2. The molecule has 3 aromatic rings. The molecule has 124 valence electrons. The van der Waals surface area contributed by atoms with Crippen molar-refractivity contribution < 1.29 is 13.2 Å². The van der Waals surface area contributed by atoms with Crippen LogP contribution in [0.1, 0.15) is 5.56 Å². The number of sulfonamides is 1. The molecule has 0 unspecified atom stereocenters. The summed E-state index contributed by atoms with van der Waals surface area (Å²) in [4.78, 5) is 0. The topological polar surface area (TPSA) is 55.4 Å². The molecule has 0 saturated carbocycles. The van der Waals surface area contributed by atoms with Gasteiger partial charge in [0.1, 0.15) is 9.96 Å². The number of rotatable bonds is 6. The molecule has 0 spiro atoms. The molecule has 0 aliphatic heterocycles. The molecule has 0 saturated heterocycles. The lowest BCUT2D eigenvalue weighted by atomic mass is 10.1. The first-order valence-corrected chi connectivity index (χ1v) is 9.72. The van der Waals surface area contributed by atoms with Gasteiger partial charge in [0.15, 0.2) is 0 Å². The fraction of sp³-hybridized carbons (Fsp3) is 0.111. The second-order valence-electron chi connectivity index (χ2n) is 5.16. The van der Waals surface area contributed by atoms with Gasteiger partial charge in [-0.25, -0.2) is 13.1 Å². The zero-order valence-electron chi connectivity index (χ0n) is 13.1. The van der Waals surface area contributed by atoms with Crippen molar-refractivity contribution in [3.8, 4) is 16.9 Å². The molecule has 24 heavy (non-hydrogen) atoms. The van der Waals surface area contributed by atoms with E-state index in [1.807, 2.05) is 60.7 Å². The van der Waals surface area contributed by atoms with Gasteiger partial charge in [0.05, 0.1) is 7.11 Å². The third-order valence-electron chi connectivity index (χ3n) is 3.56. The Morgan fingerprint density at radius 2 is 1.83 bits per heavy atom. The minimum atomic E-state index is -3.59. The molecule has 2 aromatic carbocycles. The summed E-state index contributed by atoms with van der Waals surface area (Å²) in [5.41, 5.74) is 2.45. The van der Waals surface area contributed by atoms with Gasteiger partial charge < -0.3 is 4.74 Å². The molecule has 3 rings (SSSR count). The lowest BCUT2D eigenvalue weighted by molar-refractivity contribution is 0.414. The van der Waals surface area contributed by atoms with Crippen LogP contribution in [0, 0.1) is 0 Å². The molecule has 4 nitrogen and oxygen atoms in total. The normalized spacial score (nSPS) is 11.4. The van der Waals surface area contributed by atoms with Crippen molar-refractivity contribution >= 4 is 21.4 Å². The fourth-order valence-electron chi connectivity index (χ4n) is 2.36. The summed E-state index contributed by atoms with van der Waals surface area (Å²) in [6.45, 7) is 0.214. The molecule has 6 heteroatoms. The van der Waals surface area contributed by atoms with Crippen LogP contribution < -0.4 is 9.46 Å². The van der Waals surface area contributed by atoms with E-state index in [1.165, 1.54) is 11.3 Å². The van der Waals surface area contributed by atoms with Gasteiger partial charge in [-0.15, -0.1) is 11.3 Å². The summed E-state index contributed by atoms with van der Waals surface area (Å²) < 4.78 is 33.5. The van der Waals surface area contributed by atoms with Gasteiger partial charge in [0.25, 0.3) is 10.0 Å². The van der Waals surface area contributed by atoms with Gasteiger partial charge in [-0.3, -0.25) is 0 Å². The Hall–Kier alpha value is -2.15. The van der Waals surface area contributed by atoms with Crippen molar-refractivity contribution in [2.45, 2.75) is 10.8 Å². The Morgan fingerprint density at radius 1 is 1.04 bits per heavy atom. The monoisotopic (exact) mass is 359 g/mol. The molecule has 1 heterocycles. The first kappa shape index (κ1) is 16.7. The maximum absolute atomic E-state index is 12.7. The second kappa shape index (κ2) is 7.17. The molecule has 0 atom stereocenters. The number of hydrogen-bond acceptors (Lipinski definition) is 4. The van der Waals surface area contributed by atoms with E-state index in [4.69, 9.17) is 4.74 Å². The van der Waals surface area contributed by atoms with Crippen molar-refractivity contribution in [3.63, 3.8) is 0 Å². The van der Waals surface area contributed by atoms with E-state index >= 15 is 0 Å². The zero-order valence-corrected chi connectivity index (χ0v) is 14.7. The first-order valence-electron chi connectivity index (χ1n) is 7.35. The largest absolute Gasteiger partial charge is 0.497 e. The van der Waals surface area contributed by atoms with Gasteiger partial charge in [-0.2, -0.15) is 0 Å². The van der Waals surface area contributed by atoms with Crippen molar-refractivity contribution in [1.29, 1.82) is 0 Å². The van der Waals surface area contributed by atoms with Gasteiger partial charge in [-0.1, -0.05) is 42.5 Å². The smallest absolute Gasteiger partial charge is 0.250 e. The average molecular weight is 359 g/mol. The molecule has 0 amide bonds. The Bertz CT molecular complexity index is 918. The summed E-state index contributed by atoms with van der Waals surface area (Å²) in [5.74, 6) is 0.702. The van der Waals surface area contributed by atoms with E-state index in [2.05, 4.69) is 4.72 Å². The predicted octanol–water partition coefficient (Wildman–Crippen LogP) is 3.90. The summed E-state index contributed by atoms with van der Waals surface area (Å²) in [6.07, 6.45) is 0. The molecule has 0 fully saturated rings. The molecular formula is C18H17NO3S2. The second-order valence-corrected chi connectivity index (χ2v) is 8.04. The first-order chi connectivity index (χ1) is 11.6. The number of nitrogens with one attached hydrogen (secondary N) is 1. The van der Waals surface area contributed by atoms with Crippen LogP contribution in [0.3, 0.4) is 0 Å². The van der Waals surface area contributed by atoms with Crippen LogP contribution in [0.15, 0.2) is 70.3 Å². The Kier molecular flexibility index (Phi) is 4.99. The SMILES string of the molecule is COc1cccc(CNS(=O)(=O)c2sccc2-c2ccccc2)c1. The van der Waals surface area contributed by atoms with E-state index < -0.39 is 10.0 Å². The van der Waals surface area contributed by atoms with Crippen LogP contribution in [-0.4, -0.2) is 15.5 Å². The standard InChI is InChI=1S/C18H17NO3S2/c1-22-16-9-5-6-14(12-16)13-19-24(20,21)18-17(10-11-23-18)15-7-3-2-4-8-15/h2-12,19H,13H2,1H3. The van der Waals surface area contributed by atoms with E-state index in [0.29, 0.717) is 9.96 Å². The van der Waals surface area contributed by atoms with Gasteiger partial charge in [0.2, 0.25) is 0 Å². The number of methoxy groups -OCH3 is 1. The summed E-state index contributed by atoms with van der Waals surface area (Å²) in [6, 6.07) is 18.7. The lowest BCUT2D eigenvalue weighted by Gasteiger charge is -2.09. The van der Waals surface area contributed by atoms with E-state index in [0.717, 1.165) is 16.7 Å². The van der Waals surface area contributed by atoms with Crippen molar-refractivity contribution in [2.75, 3.05) is 7.11 Å². The maximum atomic E-state index is 12.7. The Labute approximate surface area is 145 Å². The van der Waals surface area contributed by atoms with Gasteiger partial charge >= 0.3 is 0 Å². The van der Waals surface area contributed by atoms with Crippen LogP contribution in [0.4, 0.5) is 0 Å².